The lowest BCUT2D eigenvalue weighted by molar-refractivity contribution is -0.137. The van der Waals surface area contributed by atoms with Gasteiger partial charge in [0, 0.05) is 24.9 Å². The third kappa shape index (κ3) is 4.56. The van der Waals surface area contributed by atoms with Gasteiger partial charge in [0.25, 0.3) is 0 Å². The molecule has 4 nitrogen and oxygen atoms in total. The Hall–Kier alpha value is -1.42. The second kappa shape index (κ2) is 6.14. The van der Waals surface area contributed by atoms with Gasteiger partial charge in [-0.2, -0.15) is 0 Å². The van der Waals surface area contributed by atoms with E-state index in [4.69, 9.17) is 5.11 Å². The lowest BCUT2D eigenvalue weighted by Crippen LogP contribution is -2.20. The largest absolute Gasteiger partial charge is 0.481 e. The van der Waals surface area contributed by atoms with Crippen molar-refractivity contribution < 1.29 is 9.90 Å². The lowest BCUT2D eigenvalue weighted by atomic mass is 10.1. The fourth-order valence-corrected chi connectivity index (χ4v) is 1.33. The van der Waals surface area contributed by atoms with Crippen molar-refractivity contribution in [3.8, 4) is 0 Å². The van der Waals surface area contributed by atoms with Crippen molar-refractivity contribution in [2.24, 2.45) is 0 Å². The lowest BCUT2D eigenvalue weighted by Gasteiger charge is -2.13. The number of hydrogen-bond donors (Lipinski definition) is 2. The number of aliphatic carboxylic acids is 1. The van der Waals surface area contributed by atoms with Crippen molar-refractivity contribution in [3.05, 3.63) is 30.1 Å². The number of pyridine rings is 1. The molecule has 1 aromatic rings. The molecule has 2 N–H and O–H groups in total. The molecule has 0 bridgehead atoms. The van der Waals surface area contributed by atoms with Gasteiger partial charge < -0.3 is 10.4 Å². The van der Waals surface area contributed by atoms with E-state index in [0.29, 0.717) is 6.42 Å². The Morgan fingerprint density at radius 1 is 1.53 bits per heavy atom. The first kappa shape index (κ1) is 11.7. The molecule has 1 rings (SSSR count). The number of carboxylic acids is 1. The zero-order valence-corrected chi connectivity index (χ0v) is 8.81. The van der Waals surface area contributed by atoms with E-state index in [-0.39, 0.29) is 12.5 Å². The maximum Gasteiger partial charge on any atom is 0.303 e. The van der Waals surface area contributed by atoms with Gasteiger partial charge in [-0.05, 0) is 37.6 Å². The molecule has 1 unspecified atom stereocenters. The third-order valence-corrected chi connectivity index (χ3v) is 2.22. The van der Waals surface area contributed by atoms with Crippen LogP contribution in [0.1, 0.15) is 31.4 Å². The monoisotopic (exact) mass is 208 g/mol. The normalized spacial score (nSPS) is 12.3. The van der Waals surface area contributed by atoms with Crippen LogP contribution >= 0.6 is 0 Å². The first-order valence-electron chi connectivity index (χ1n) is 5.05. The highest BCUT2D eigenvalue weighted by atomic mass is 16.4. The smallest absolute Gasteiger partial charge is 0.303 e. The van der Waals surface area contributed by atoms with E-state index in [1.54, 1.807) is 12.4 Å². The number of nitrogens with zero attached hydrogens (tertiary/aromatic N) is 1. The SMILES string of the molecule is CC(NCCCC(=O)O)c1ccncc1. The van der Waals surface area contributed by atoms with E-state index >= 15 is 0 Å². The van der Waals surface area contributed by atoms with Crippen LogP contribution < -0.4 is 5.32 Å². The Labute approximate surface area is 89.3 Å². The Balaban J connectivity index is 2.25. The quantitative estimate of drug-likeness (QED) is 0.697. The number of carbonyl (C=O) groups is 1. The van der Waals surface area contributed by atoms with Crippen molar-refractivity contribution in [1.82, 2.24) is 10.3 Å². The molecule has 1 aromatic heterocycles. The minimum absolute atomic E-state index is 0.218. The summed E-state index contributed by atoms with van der Waals surface area (Å²) in [6, 6.07) is 4.14. The minimum atomic E-state index is -0.742. The van der Waals surface area contributed by atoms with E-state index in [1.807, 2.05) is 12.1 Å². The summed E-state index contributed by atoms with van der Waals surface area (Å²) >= 11 is 0. The Bertz CT molecular complexity index is 301. The molecule has 1 heterocycles. The summed E-state index contributed by atoms with van der Waals surface area (Å²) in [7, 11) is 0. The molecule has 0 aliphatic carbocycles. The third-order valence-electron chi connectivity index (χ3n) is 2.22. The Morgan fingerprint density at radius 3 is 2.80 bits per heavy atom. The van der Waals surface area contributed by atoms with Crippen molar-refractivity contribution in [1.29, 1.82) is 0 Å². The van der Waals surface area contributed by atoms with Crippen molar-refractivity contribution in [3.63, 3.8) is 0 Å². The zero-order chi connectivity index (χ0) is 11.1. The average molecular weight is 208 g/mol. The van der Waals surface area contributed by atoms with Crippen LogP contribution in [-0.4, -0.2) is 22.6 Å². The van der Waals surface area contributed by atoms with Crippen LogP contribution in [0.25, 0.3) is 0 Å². The summed E-state index contributed by atoms with van der Waals surface area (Å²) in [6.07, 6.45) is 4.39. The molecule has 0 radical (unpaired) electrons. The highest BCUT2D eigenvalue weighted by molar-refractivity contribution is 5.66. The van der Waals surface area contributed by atoms with Crippen LogP contribution in [0, 0.1) is 0 Å². The van der Waals surface area contributed by atoms with Gasteiger partial charge in [-0.15, -0.1) is 0 Å². The van der Waals surface area contributed by atoms with Crippen molar-refractivity contribution in [2.75, 3.05) is 6.54 Å². The molecule has 0 fully saturated rings. The maximum absolute atomic E-state index is 10.3. The predicted octanol–water partition coefficient (Wildman–Crippen LogP) is 1.60. The second-order valence-electron chi connectivity index (χ2n) is 3.45. The van der Waals surface area contributed by atoms with Gasteiger partial charge in [0.05, 0.1) is 0 Å². The van der Waals surface area contributed by atoms with Crippen LogP contribution in [0.3, 0.4) is 0 Å². The molecular formula is C11H16N2O2. The number of rotatable bonds is 6. The average Bonchev–Trinajstić information content (AvgIpc) is 2.25. The molecule has 0 aliphatic rings. The van der Waals surface area contributed by atoms with Gasteiger partial charge in [-0.3, -0.25) is 9.78 Å². The van der Waals surface area contributed by atoms with Crippen LogP contribution in [-0.2, 0) is 4.79 Å². The summed E-state index contributed by atoms with van der Waals surface area (Å²) in [6.45, 7) is 2.77. The summed E-state index contributed by atoms with van der Waals surface area (Å²) < 4.78 is 0. The summed E-state index contributed by atoms with van der Waals surface area (Å²) in [5.41, 5.74) is 1.17. The highest BCUT2D eigenvalue weighted by Crippen LogP contribution is 2.09. The first-order valence-corrected chi connectivity index (χ1v) is 5.05. The van der Waals surface area contributed by atoms with Crippen LogP contribution in [0.15, 0.2) is 24.5 Å². The molecule has 0 saturated carbocycles. The van der Waals surface area contributed by atoms with Gasteiger partial charge in [0.1, 0.15) is 0 Å². The van der Waals surface area contributed by atoms with Crippen LogP contribution in [0.4, 0.5) is 0 Å². The standard InChI is InChI=1S/C11H16N2O2/c1-9(10-4-7-12-8-5-10)13-6-2-3-11(14)15/h4-5,7-9,13H,2-3,6H2,1H3,(H,14,15). The molecule has 4 heteroatoms. The number of nitrogens with one attached hydrogen (secondary N) is 1. The molecule has 15 heavy (non-hydrogen) atoms. The predicted molar refractivity (Wildman–Crippen MR) is 57.5 cm³/mol. The topological polar surface area (TPSA) is 62.2 Å². The zero-order valence-electron chi connectivity index (χ0n) is 8.81. The van der Waals surface area contributed by atoms with Crippen LogP contribution in [0.2, 0.25) is 0 Å². The molecule has 0 saturated heterocycles. The Kier molecular flexibility index (Phi) is 4.77. The van der Waals surface area contributed by atoms with Crippen molar-refractivity contribution in [2.45, 2.75) is 25.8 Å². The fraction of sp³-hybridized carbons (Fsp3) is 0.455. The highest BCUT2D eigenvalue weighted by Gasteiger charge is 2.03. The van der Waals surface area contributed by atoms with E-state index < -0.39 is 5.97 Å². The molecule has 82 valence electrons. The van der Waals surface area contributed by atoms with E-state index in [0.717, 1.165) is 6.54 Å². The maximum atomic E-state index is 10.3. The van der Waals surface area contributed by atoms with Crippen molar-refractivity contribution >= 4 is 5.97 Å². The fourth-order valence-electron chi connectivity index (χ4n) is 1.33. The number of hydrogen-bond acceptors (Lipinski definition) is 3. The Morgan fingerprint density at radius 2 is 2.20 bits per heavy atom. The van der Waals surface area contributed by atoms with Gasteiger partial charge in [0.15, 0.2) is 0 Å². The molecule has 1 atom stereocenters. The van der Waals surface area contributed by atoms with E-state index in [1.165, 1.54) is 5.56 Å². The van der Waals surface area contributed by atoms with Gasteiger partial charge >= 0.3 is 5.97 Å². The van der Waals surface area contributed by atoms with Gasteiger partial charge in [0.2, 0.25) is 0 Å². The molecule has 0 aliphatic heterocycles. The van der Waals surface area contributed by atoms with Gasteiger partial charge in [-0.25, -0.2) is 0 Å². The molecule has 0 amide bonds. The second-order valence-corrected chi connectivity index (χ2v) is 3.45. The number of carboxylic acid groups (broad SMARTS) is 1. The van der Waals surface area contributed by atoms with Crippen LogP contribution in [0.5, 0.6) is 0 Å². The number of aromatic nitrogens is 1. The summed E-state index contributed by atoms with van der Waals surface area (Å²) in [5.74, 6) is -0.742. The molecule has 0 aromatic carbocycles. The summed E-state index contributed by atoms with van der Waals surface area (Å²) in [4.78, 5) is 14.2. The molecular weight excluding hydrogens is 192 g/mol. The summed E-state index contributed by atoms with van der Waals surface area (Å²) in [5, 5.41) is 11.7. The van der Waals surface area contributed by atoms with E-state index in [2.05, 4.69) is 17.2 Å². The minimum Gasteiger partial charge on any atom is -0.481 e. The van der Waals surface area contributed by atoms with Gasteiger partial charge in [-0.1, -0.05) is 0 Å². The first-order chi connectivity index (χ1) is 7.20. The van der Waals surface area contributed by atoms with E-state index in [9.17, 15) is 4.79 Å². The molecule has 0 spiro atoms.